The molecule has 0 aliphatic rings. The number of hydrogen-bond acceptors (Lipinski definition) is 1. The summed E-state index contributed by atoms with van der Waals surface area (Å²) in [6, 6.07) is 9.96. The van der Waals surface area contributed by atoms with Crippen LogP contribution >= 0.6 is 0 Å². The van der Waals surface area contributed by atoms with Gasteiger partial charge in [-0.15, -0.1) is 0 Å². The lowest BCUT2D eigenvalue weighted by atomic mass is 10.2. The number of hydrogen-bond donors (Lipinski definition) is 1. The third-order valence-electron chi connectivity index (χ3n) is 1.42. The summed E-state index contributed by atoms with van der Waals surface area (Å²) >= 11 is 0. The van der Waals surface area contributed by atoms with Crippen LogP contribution in [-0.4, -0.2) is 5.16 Å². The molecule has 0 bridgehead atoms. The Bertz CT molecular complexity index is 285. The van der Waals surface area contributed by atoms with E-state index in [1.165, 1.54) is 0 Å². The smallest absolute Gasteiger partial charge is 0.181 e. The van der Waals surface area contributed by atoms with Crippen molar-refractivity contribution in [3.63, 3.8) is 0 Å². The molecule has 1 N–H and O–H groups in total. The second-order valence-corrected chi connectivity index (χ2v) is 2.09. The fourth-order valence-corrected chi connectivity index (χ4v) is 0.863. The number of aromatic nitrogens is 1. The largest absolute Gasteiger partial charge is 0.380 e. The minimum atomic E-state index is 0.903. The van der Waals surface area contributed by atoms with Crippen molar-refractivity contribution >= 4 is 0 Å². The monoisotopic (exact) mass is 133 g/mol. The van der Waals surface area contributed by atoms with Crippen molar-refractivity contribution in [2.45, 2.75) is 0 Å². The Kier molecular flexibility index (Phi) is 1.10. The van der Waals surface area contributed by atoms with Crippen molar-refractivity contribution in [3.8, 4) is 11.3 Å². The maximum Gasteiger partial charge on any atom is 0.181 e. The third kappa shape index (κ3) is 0.739. The van der Waals surface area contributed by atoms with Gasteiger partial charge in [-0.3, -0.25) is 0 Å². The standard InChI is InChI=1S/C8H7NO/c1-2-4-7(5-3-1)8-6-9-10-8/h1-6,9H. The average molecular weight is 133 g/mol. The summed E-state index contributed by atoms with van der Waals surface area (Å²) in [6.07, 6.45) is 1.83. The van der Waals surface area contributed by atoms with E-state index < -0.39 is 0 Å². The van der Waals surface area contributed by atoms with E-state index in [0.29, 0.717) is 0 Å². The van der Waals surface area contributed by atoms with Gasteiger partial charge < -0.3 is 4.52 Å². The molecule has 0 amide bonds. The van der Waals surface area contributed by atoms with Crippen molar-refractivity contribution in [1.29, 1.82) is 0 Å². The van der Waals surface area contributed by atoms with Gasteiger partial charge >= 0.3 is 0 Å². The number of rotatable bonds is 1. The molecule has 2 nitrogen and oxygen atoms in total. The van der Waals surface area contributed by atoms with Gasteiger partial charge in [0.25, 0.3) is 0 Å². The second kappa shape index (κ2) is 2.06. The van der Waals surface area contributed by atoms with Crippen LogP contribution in [0.25, 0.3) is 11.3 Å². The molecule has 0 aliphatic heterocycles. The molecule has 2 heteroatoms. The number of H-pyrrole nitrogens is 1. The fourth-order valence-electron chi connectivity index (χ4n) is 0.863. The number of nitrogens with one attached hydrogen (secondary N) is 1. The molecular weight excluding hydrogens is 126 g/mol. The zero-order chi connectivity index (χ0) is 6.81. The molecule has 0 spiro atoms. The van der Waals surface area contributed by atoms with Gasteiger partial charge in [0.05, 0.1) is 6.20 Å². The summed E-state index contributed by atoms with van der Waals surface area (Å²) in [5.41, 5.74) is 1.11. The molecule has 0 radical (unpaired) electrons. The van der Waals surface area contributed by atoms with Crippen LogP contribution in [0.1, 0.15) is 0 Å². The summed E-state index contributed by atoms with van der Waals surface area (Å²) in [4.78, 5) is 0. The number of aromatic amines is 1. The lowest BCUT2D eigenvalue weighted by molar-refractivity contribution is 0.372. The van der Waals surface area contributed by atoms with Gasteiger partial charge in [-0.05, 0) is 0 Å². The van der Waals surface area contributed by atoms with E-state index in [0.717, 1.165) is 11.3 Å². The summed E-state index contributed by atoms with van der Waals surface area (Å²) in [6.45, 7) is 0. The van der Waals surface area contributed by atoms with E-state index in [1.54, 1.807) is 0 Å². The maximum absolute atomic E-state index is 4.93. The molecule has 1 heterocycles. The summed E-state index contributed by atoms with van der Waals surface area (Å²) in [7, 11) is 0. The van der Waals surface area contributed by atoms with Crippen LogP contribution in [0.2, 0.25) is 0 Å². The highest BCUT2D eigenvalue weighted by atomic mass is 16.5. The van der Waals surface area contributed by atoms with E-state index in [-0.39, 0.29) is 0 Å². The van der Waals surface area contributed by atoms with E-state index in [9.17, 15) is 0 Å². The highest BCUT2D eigenvalue weighted by Gasteiger charge is 1.98. The van der Waals surface area contributed by atoms with Gasteiger partial charge in [0, 0.05) is 5.56 Å². The zero-order valence-corrected chi connectivity index (χ0v) is 5.37. The normalized spacial score (nSPS) is 10.0. The van der Waals surface area contributed by atoms with E-state index in [4.69, 9.17) is 4.52 Å². The summed E-state index contributed by atoms with van der Waals surface area (Å²) in [5.74, 6) is 0.903. The molecule has 0 aliphatic carbocycles. The van der Waals surface area contributed by atoms with Crippen LogP contribution < -0.4 is 0 Å². The van der Waals surface area contributed by atoms with E-state index in [2.05, 4.69) is 5.16 Å². The van der Waals surface area contributed by atoms with Crippen LogP contribution in [0.15, 0.2) is 41.1 Å². The molecule has 1 aromatic heterocycles. The quantitative estimate of drug-likeness (QED) is 0.635. The molecule has 0 atom stereocenters. The first kappa shape index (κ1) is 5.35. The molecule has 10 heavy (non-hydrogen) atoms. The minimum absolute atomic E-state index is 0.903. The van der Waals surface area contributed by atoms with Gasteiger partial charge in [-0.25, -0.2) is 5.16 Å². The zero-order valence-electron chi connectivity index (χ0n) is 5.37. The molecular formula is C8H7NO. The second-order valence-electron chi connectivity index (χ2n) is 2.09. The highest BCUT2D eigenvalue weighted by Crippen LogP contribution is 2.17. The Hall–Kier alpha value is -1.44. The van der Waals surface area contributed by atoms with E-state index >= 15 is 0 Å². The molecule has 2 aromatic rings. The first-order valence-electron chi connectivity index (χ1n) is 3.15. The topological polar surface area (TPSA) is 28.9 Å². The molecule has 1 aromatic carbocycles. The van der Waals surface area contributed by atoms with Crippen LogP contribution in [0.3, 0.4) is 0 Å². The first-order chi connectivity index (χ1) is 4.97. The Morgan fingerprint density at radius 2 is 1.80 bits per heavy atom. The summed E-state index contributed by atoms with van der Waals surface area (Å²) < 4.78 is 4.93. The van der Waals surface area contributed by atoms with Gasteiger partial charge in [0.1, 0.15) is 0 Å². The predicted octanol–water partition coefficient (Wildman–Crippen LogP) is 2.27. The fraction of sp³-hybridized carbons (Fsp3) is 0. The highest BCUT2D eigenvalue weighted by molar-refractivity contribution is 5.55. The predicted molar refractivity (Wildman–Crippen MR) is 38.5 cm³/mol. The van der Waals surface area contributed by atoms with Gasteiger partial charge in [-0.1, -0.05) is 30.3 Å². The Labute approximate surface area is 58.4 Å². The van der Waals surface area contributed by atoms with Crippen LogP contribution in [0, 0.1) is 0 Å². The third-order valence-corrected chi connectivity index (χ3v) is 1.42. The molecule has 0 saturated carbocycles. The van der Waals surface area contributed by atoms with Crippen LogP contribution in [-0.2, 0) is 0 Å². The van der Waals surface area contributed by atoms with Crippen molar-refractivity contribution in [3.05, 3.63) is 36.5 Å². The van der Waals surface area contributed by atoms with Gasteiger partial charge in [0.2, 0.25) is 0 Å². The average Bonchev–Trinajstić information content (AvgIpc) is 1.86. The molecule has 0 fully saturated rings. The Balaban J connectivity index is 2.42. The van der Waals surface area contributed by atoms with Gasteiger partial charge in [-0.2, -0.15) is 0 Å². The van der Waals surface area contributed by atoms with Crippen molar-refractivity contribution in [2.24, 2.45) is 0 Å². The van der Waals surface area contributed by atoms with Crippen molar-refractivity contribution in [2.75, 3.05) is 0 Å². The van der Waals surface area contributed by atoms with Crippen molar-refractivity contribution < 1.29 is 4.52 Å². The molecule has 50 valence electrons. The minimum Gasteiger partial charge on any atom is -0.380 e. The Morgan fingerprint density at radius 3 is 2.30 bits per heavy atom. The maximum atomic E-state index is 4.93. The molecule has 0 unspecified atom stereocenters. The van der Waals surface area contributed by atoms with Crippen molar-refractivity contribution in [1.82, 2.24) is 5.16 Å². The van der Waals surface area contributed by atoms with E-state index in [1.807, 2.05) is 36.5 Å². The molecule has 0 saturated heterocycles. The summed E-state index contributed by atoms with van der Waals surface area (Å²) in [5, 5.41) is 2.60. The molecule has 2 rings (SSSR count). The lowest BCUT2D eigenvalue weighted by Gasteiger charge is -2.00. The SMILES string of the molecule is c1ccc(-c2c[nH]o2)cc1. The lowest BCUT2D eigenvalue weighted by Crippen LogP contribution is -1.81. The Morgan fingerprint density at radius 1 is 1.10 bits per heavy atom. The van der Waals surface area contributed by atoms with Gasteiger partial charge in [0.15, 0.2) is 5.76 Å². The number of benzene rings is 1. The van der Waals surface area contributed by atoms with Crippen LogP contribution in [0.4, 0.5) is 0 Å². The first-order valence-corrected chi connectivity index (χ1v) is 3.15. The van der Waals surface area contributed by atoms with Crippen LogP contribution in [0.5, 0.6) is 0 Å².